The highest BCUT2D eigenvalue weighted by atomic mass is 16.5. The molecule has 0 spiro atoms. The van der Waals surface area contributed by atoms with Crippen molar-refractivity contribution in [3.05, 3.63) is 0 Å². The Morgan fingerprint density at radius 1 is 1.29 bits per heavy atom. The van der Waals surface area contributed by atoms with Gasteiger partial charge in [-0.05, 0) is 0 Å². The number of amides is 2. The Hall–Kier alpha value is -1.63. The molecule has 0 saturated heterocycles. The molecular weight excluding hydrogens is 192 g/mol. The summed E-state index contributed by atoms with van der Waals surface area (Å²) >= 11 is 0. The van der Waals surface area contributed by atoms with E-state index in [1.807, 2.05) is 0 Å². The standard InChI is InChI=1S/C7H12N2O5/c8-5(10)1-2-9-6(11)3-14-4-7(12)13/h1-4H2,(H2,8,10)(H,9,11)(H,12,13). The fourth-order valence-electron chi connectivity index (χ4n) is 0.607. The van der Waals surface area contributed by atoms with Crippen LogP contribution in [0.15, 0.2) is 0 Å². The molecule has 0 fully saturated rings. The SMILES string of the molecule is NC(=O)CCNC(=O)COCC(=O)O. The van der Waals surface area contributed by atoms with E-state index in [1.54, 1.807) is 0 Å². The third-order valence-corrected chi connectivity index (χ3v) is 1.15. The lowest BCUT2D eigenvalue weighted by Crippen LogP contribution is -2.31. The van der Waals surface area contributed by atoms with Crippen molar-refractivity contribution in [2.45, 2.75) is 6.42 Å². The first-order valence-corrected chi connectivity index (χ1v) is 3.87. The summed E-state index contributed by atoms with van der Waals surface area (Å²) in [6.45, 7) is -0.737. The average molecular weight is 204 g/mol. The summed E-state index contributed by atoms with van der Waals surface area (Å²) in [5, 5.41) is 10.5. The van der Waals surface area contributed by atoms with Crippen LogP contribution in [-0.4, -0.2) is 42.6 Å². The topological polar surface area (TPSA) is 119 Å². The van der Waals surface area contributed by atoms with Crippen molar-refractivity contribution >= 4 is 17.8 Å². The zero-order valence-electron chi connectivity index (χ0n) is 7.49. The van der Waals surface area contributed by atoms with E-state index in [0.29, 0.717) is 0 Å². The summed E-state index contributed by atoms with van der Waals surface area (Å²) in [6.07, 6.45) is 0.0463. The molecule has 7 nitrogen and oxygen atoms in total. The molecule has 80 valence electrons. The van der Waals surface area contributed by atoms with E-state index in [2.05, 4.69) is 10.1 Å². The lowest BCUT2D eigenvalue weighted by Gasteiger charge is -2.02. The van der Waals surface area contributed by atoms with E-state index in [1.165, 1.54) is 0 Å². The van der Waals surface area contributed by atoms with Gasteiger partial charge < -0.3 is 20.9 Å². The van der Waals surface area contributed by atoms with Gasteiger partial charge in [-0.1, -0.05) is 0 Å². The first kappa shape index (κ1) is 12.4. The number of carboxylic acid groups (broad SMARTS) is 1. The molecule has 0 aromatic carbocycles. The maximum atomic E-state index is 10.8. The third-order valence-electron chi connectivity index (χ3n) is 1.15. The summed E-state index contributed by atoms with van der Waals surface area (Å²) in [4.78, 5) is 31.0. The van der Waals surface area contributed by atoms with Gasteiger partial charge >= 0.3 is 5.97 Å². The minimum atomic E-state index is -1.14. The molecule has 14 heavy (non-hydrogen) atoms. The second kappa shape index (κ2) is 6.84. The summed E-state index contributed by atoms with van der Waals surface area (Å²) in [7, 11) is 0. The molecule has 0 radical (unpaired) electrons. The number of nitrogens with two attached hydrogens (primary N) is 1. The molecule has 0 aliphatic heterocycles. The van der Waals surface area contributed by atoms with Gasteiger partial charge in [0, 0.05) is 13.0 Å². The van der Waals surface area contributed by atoms with E-state index in [-0.39, 0.29) is 19.6 Å². The molecule has 0 aliphatic carbocycles. The predicted molar refractivity (Wildman–Crippen MR) is 45.3 cm³/mol. The van der Waals surface area contributed by atoms with Gasteiger partial charge in [-0.15, -0.1) is 0 Å². The number of hydrogen-bond acceptors (Lipinski definition) is 4. The fraction of sp³-hybridized carbons (Fsp3) is 0.571. The van der Waals surface area contributed by atoms with Gasteiger partial charge in [-0.3, -0.25) is 9.59 Å². The Labute approximate surface area is 80.2 Å². The van der Waals surface area contributed by atoms with Crippen LogP contribution in [0.2, 0.25) is 0 Å². The molecule has 0 aliphatic rings. The molecule has 0 rings (SSSR count). The van der Waals surface area contributed by atoms with Crippen molar-refractivity contribution in [3.63, 3.8) is 0 Å². The predicted octanol–water partition coefficient (Wildman–Crippen LogP) is -1.92. The minimum Gasteiger partial charge on any atom is -0.480 e. The van der Waals surface area contributed by atoms with Crippen molar-refractivity contribution in [2.24, 2.45) is 5.73 Å². The van der Waals surface area contributed by atoms with Crippen molar-refractivity contribution in [3.8, 4) is 0 Å². The zero-order chi connectivity index (χ0) is 11.0. The van der Waals surface area contributed by atoms with Crippen LogP contribution in [0.25, 0.3) is 0 Å². The second-order valence-corrected chi connectivity index (χ2v) is 2.45. The van der Waals surface area contributed by atoms with E-state index in [9.17, 15) is 14.4 Å². The Kier molecular flexibility index (Phi) is 6.04. The molecule has 2 amide bonds. The quantitative estimate of drug-likeness (QED) is 0.446. The number of nitrogens with one attached hydrogen (secondary N) is 1. The van der Waals surface area contributed by atoms with Crippen LogP contribution < -0.4 is 11.1 Å². The van der Waals surface area contributed by atoms with Gasteiger partial charge in [0.2, 0.25) is 11.8 Å². The normalized spacial score (nSPS) is 9.43. The number of aliphatic carboxylic acids is 1. The summed E-state index contributed by atoms with van der Waals surface area (Å²) in [5.74, 6) is -2.14. The van der Waals surface area contributed by atoms with Gasteiger partial charge in [-0.2, -0.15) is 0 Å². The Morgan fingerprint density at radius 3 is 2.43 bits per heavy atom. The number of carbonyl (C=O) groups excluding carboxylic acids is 2. The minimum absolute atomic E-state index is 0.0463. The van der Waals surface area contributed by atoms with Gasteiger partial charge in [0.15, 0.2) is 0 Å². The summed E-state index contributed by atoms with van der Waals surface area (Å²) in [6, 6.07) is 0. The molecule has 0 heterocycles. The van der Waals surface area contributed by atoms with Crippen LogP contribution in [0.5, 0.6) is 0 Å². The number of rotatable bonds is 7. The molecule has 7 heteroatoms. The summed E-state index contributed by atoms with van der Waals surface area (Å²) in [5.41, 5.74) is 4.82. The first-order chi connectivity index (χ1) is 6.52. The van der Waals surface area contributed by atoms with Crippen molar-refractivity contribution in [1.82, 2.24) is 5.32 Å². The first-order valence-electron chi connectivity index (χ1n) is 3.87. The zero-order valence-corrected chi connectivity index (χ0v) is 7.49. The third kappa shape index (κ3) is 8.47. The number of carbonyl (C=O) groups is 3. The van der Waals surface area contributed by atoms with Crippen molar-refractivity contribution in [1.29, 1.82) is 0 Å². The van der Waals surface area contributed by atoms with Gasteiger partial charge in [0.25, 0.3) is 0 Å². The van der Waals surface area contributed by atoms with Crippen LogP contribution in [-0.2, 0) is 19.1 Å². The van der Waals surface area contributed by atoms with E-state index in [0.717, 1.165) is 0 Å². The number of hydrogen-bond donors (Lipinski definition) is 3. The van der Waals surface area contributed by atoms with Crippen LogP contribution in [0.4, 0.5) is 0 Å². The Morgan fingerprint density at radius 2 is 1.93 bits per heavy atom. The molecule has 4 N–H and O–H groups in total. The maximum absolute atomic E-state index is 10.8. The number of primary amides is 1. The highest BCUT2D eigenvalue weighted by Gasteiger charge is 2.03. The highest BCUT2D eigenvalue weighted by molar-refractivity contribution is 5.79. The molecule has 0 unspecified atom stereocenters. The lowest BCUT2D eigenvalue weighted by atomic mass is 10.4. The average Bonchev–Trinajstić information content (AvgIpc) is 2.02. The van der Waals surface area contributed by atoms with Crippen LogP contribution in [0.3, 0.4) is 0 Å². The molecule has 0 saturated carbocycles. The molecular formula is C7H12N2O5. The monoisotopic (exact) mass is 204 g/mol. The van der Waals surface area contributed by atoms with Gasteiger partial charge in [0.1, 0.15) is 13.2 Å². The fourth-order valence-corrected chi connectivity index (χ4v) is 0.607. The van der Waals surface area contributed by atoms with E-state index in [4.69, 9.17) is 10.8 Å². The largest absolute Gasteiger partial charge is 0.480 e. The molecule has 0 aromatic heterocycles. The summed E-state index contributed by atoms with van der Waals surface area (Å²) < 4.78 is 4.49. The van der Waals surface area contributed by atoms with Crippen LogP contribution in [0.1, 0.15) is 6.42 Å². The highest BCUT2D eigenvalue weighted by Crippen LogP contribution is 1.77. The molecule has 0 aromatic rings. The van der Waals surface area contributed by atoms with Crippen molar-refractivity contribution in [2.75, 3.05) is 19.8 Å². The molecule has 0 bridgehead atoms. The van der Waals surface area contributed by atoms with E-state index >= 15 is 0 Å². The maximum Gasteiger partial charge on any atom is 0.329 e. The number of carboxylic acids is 1. The van der Waals surface area contributed by atoms with Crippen molar-refractivity contribution < 1.29 is 24.2 Å². The van der Waals surface area contributed by atoms with Gasteiger partial charge in [0.05, 0.1) is 0 Å². The molecule has 0 atom stereocenters. The van der Waals surface area contributed by atoms with E-state index < -0.39 is 24.4 Å². The van der Waals surface area contributed by atoms with Gasteiger partial charge in [-0.25, -0.2) is 4.79 Å². The second-order valence-electron chi connectivity index (χ2n) is 2.45. The Bertz CT molecular complexity index is 206. The smallest absolute Gasteiger partial charge is 0.329 e. The van der Waals surface area contributed by atoms with Crippen LogP contribution in [0, 0.1) is 0 Å². The number of ether oxygens (including phenoxy) is 1. The lowest BCUT2D eigenvalue weighted by molar-refractivity contribution is -0.143. The Balaban J connectivity index is 3.37. The van der Waals surface area contributed by atoms with Crippen LogP contribution >= 0.6 is 0 Å².